The lowest BCUT2D eigenvalue weighted by atomic mass is 9.42. The summed E-state index contributed by atoms with van der Waals surface area (Å²) in [5.41, 5.74) is 9.07. The Morgan fingerprint density at radius 3 is 2.30 bits per heavy atom. The highest BCUT2D eigenvalue weighted by molar-refractivity contribution is 5.39. The summed E-state index contributed by atoms with van der Waals surface area (Å²) >= 11 is 0. The number of rotatable bonds is 8. The summed E-state index contributed by atoms with van der Waals surface area (Å²) in [5.74, 6) is 7.27. The van der Waals surface area contributed by atoms with Crippen LogP contribution in [0.4, 0.5) is 5.69 Å². The first-order valence-electron chi connectivity index (χ1n) is 16.1. The van der Waals surface area contributed by atoms with Crippen LogP contribution in [-0.4, -0.2) is 6.10 Å². The van der Waals surface area contributed by atoms with E-state index >= 15 is 0 Å². The molecule has 0 amide bonds. The first-order chi connectivity index (χ1) is 17.6. The molecule has 37 heavy (non-hydrogen) atoms. The van der Waals surface area contributed by atoms with Crippen molar-refractivity contribution in [2.75, 3.05) is 5.73 Å². The second-order valence-corrected chi connectivity index (χ2v) is 15.2. The van der Waals surface area contributed by atoms with E-state index in [1.54, 1.807) is 0 Å². The standard InChI is InChI=1S/C35H57NO/c1-23(2)8-7-9-24(3)30-14-15-31-29-20-25(4)33-21-28(37-22-26-10-12-27(36)13-11-26)16-18-35(33,6)32(29)17-19-34(30,31)5/h10-13,23-25,28-33H,7-9,14-22,36H2,1-6H3. The highest BCUT2D eigenvalue weighted by atomic mass is 16.5. The largest absolute Gasteiger partial charge is 0.399 e. The normalized spacial score (nSPS) is 42.2. The van der Waals surface area contributed by atoms with Crippen molar-refractivity contribution in [2.24, 2.45) is 58.2 Å². The highest BCUT2D eigenvalue weighted by Gasteiger charge is 2.61. The molecule has 10 atom stereocenters. The molecule has 1 aromatic rings. The van der Waals surface area contributed by atoms with E-state index in [-0.39, 0.29) is 0 Å². The lowest BCUT2D eigenvalue weighted by Gasteiger charge is -2.63. The van der Waals surface area contributed by atoms with E-state index in [1.165, 1.54) is 76.2 Å². The van der Waals surface area contributed by atoms with Crippen LogP contribution in [0, 0.1) is 58.2 Å². The van der Waals surface area contributed by atoms with Crippen molar-refractivity contribution in [3.63, 3.8) is 0 Å². The first kappa shape index (κ1) is 27.5. The van der Waals surface area contributed by atoms with Gasteiger partial charge in [-0.25, -0.2) is 0 Å². The number of benzene rings is 1. The predicted molar refractivity (Wildman–Crippen MR) is 157 cm³/mol. The molecule has 4 aliphatic rings. The molecule has 0 heterocycles. The molecule has 0 saturated heterocycles. The van der Waals surface area contributed by atoms with Gasteiger partial charge in [0.1, 0.15) is 0 Å². The average Bonchev–Trinajstić information content (AvgIpc) is 3.21. The van der Waals surface area contributed by atoms with E-state index in [4.69, 9.17) is 10.5 Å². The minimum absolute atomic E-state index is 0.422. The van der Waals surface area contributed by atoms with Gasteiger partial charge in [-0.05, 0) is 127 Å². The number of nitrogens with two attached hydrogens (primary N) is 1. The van der Waals surface area contributed by atoms with Crippen LogP contribution in [0.25, 0.3) is 0 Å². The quantitative estimate of drug-likeness (QED) is 0.355. The highest BCUT2D eigenvalue weighted by Crippen LogP contribution is 2.69. The Bertz CT molecular complexity index is 893. The third kappa shape index (κ3) is 5.27. The molecule has 208 valence electrons. The second-order valence-electron chi connectivity index (χ2n) is 15.2. The molecule has 1 aromatic carbocycles. The Morgan fingerprint density at radius 1 is 0.865 bits per heavy atom. The van der Waals surface area contributed by atoms with E-state index in [9.17, 15) is 0 Å². The van der Waals surface area contributed by atoms with Crippen molar-refractivity contribution in [1.82, 2.24) is 0 Å². The van der Waals surface area contributed by atoms with Crippen LogP contribution in [-0.2, 0) is 11.3 Å². The number of ether oxygens (including phenoxy) is 1. The first-order valence-corrected chi connectivity index (χ1v) is 16.1. The summed E-state index contributed by atoms with van der Waals surface area (Å²) in [6, 6.07) is 8.23. The van der Waals surface area contributed by atoms with E-state index in [0.717, 1.165) is 59.6 Å². The van der Waals surface area contributed by atoms with Crippen molar-refractivity contribution in [3.05, 3.63) is 29.8 Å². The molecule has 2 heteroatoms. The average molecular weight is 508 g/mol. The molecule has 0 aliphatic heterocycles. The minimum atomic E-state index is 0.422. The summed E-state index contributed by atoms with van der Waals surface area (Å²) in [4.78, 5) is 0. The Balaban J connectivity index is 1.23. The van der Waals surface area contributed by atoms with Crippen LogP contribution in [0.2, 0.25) is 0 Å². The number of fused-ring (bicyclic) bond motifs is 5. The summed E-state index contributed by atoms with van der Waals surface area (Å²) in [5, 5.41) is 0. The fourth-order valence-corrected chi connectivity index (χ4v) is 10.7. The van der Waals surface area contributed by atoms with Crippen LogP contribution in [0.5, 0.6) is 0 Å². The second kappa shape index (κ2) is 10.9. The molecule has 2 nitrogen and oxygen atoms in total. The van der Waals surface area contributed by atoms with Crippen LogP contribution in [0.15, 0.2) is 24.3 Å². The van der Waals surface area contributed by atoms with Gasteiger partial charge in [0.15, 0.2) is 0 Å². The molecular formula is C35H57NO. The fourth-order valence-electron chi connectivity index (χ4n) is 10.7. The van der Waals surface area contributed by atoms with E-state index in [2.05, 4.69) is 53.7 Å². The van der Waals surface area contributed by atoms with Crippen molar-refractivity contribution in [1.29, 1.82) is 0 Å². The van der Waals surface area contributed by atoms with Gasteiger partial charge < -0.3 is 10.5 Å². The zero-order chi connectivity index (χ0) is 26.4. The number of anilines is 1. The molecule has 0 aromatic heterocycles. The Labute approximate surface area is 228 Å². The molecule has 0 bridgehead atoms. The van der Waals surface area contributed by atoms with Gasteiger partial charge in [-0.15, -0.1) is 0 Å². The van der Waals surface area contributed by atoms with Gasteiger partial charge in [0, 0.05) is 5.69 Å². The van der Waals surface area contributed by atoms with Gasteiger partial charge in [-0.2, -0.15) is 0 Å². The third-order valence-corrected chi connectivity index (χ3v) is 12.7. The van der Waals surface area contributed by atoms with Gasteiger partial charge in [0.05, 0.1) is 12.7 Å². The molecule has 0 spiro atoms. The zero-order valence-electron chi connectivity index (χ0n) is 25.0. The lowest BCUT2D eigenvalue weighted by Crippen LogP contribution is -2.56. The molecule has 5 rings (SSSR count). The fraction of sp³-hybridized carbons (Fsp3) is 0.829. The maximum atomic E-state index is 6.52. The SMILES string of the molecule is CC(C)CCCC(C)C1CCC2C3CC(C)C4CC(OCc5ccc(N)cc5)CCC4(C)C3CCC12C. The predicted octanol–water partition coefficient (Wildman–Crippen LogP) is 9.52. The maximum Gasteiger partial charge on any atom is 0.0720 e. The summed E-state index contributed by atoms with van der Waals surface area (Å²) in [7, 11) is 0. The monoisotopic (exact) mass is 507 g/mol. The van der Waals surface area contributed by atoms with E-state index in [1.807, 2.05) is 12.1 Å². The molecular weight excluding hydrogens is 450 g/mol. The Hall–Kier alpha value is -1.02. The van der Waals surface area contributed by atoms with Gasteiger partial charge >= 0.3 is 0 Å². The van der Waals surface area contributed by atoms with E-state index < -0.39 is 0 Å². The number of hydrogen-bond donors (Lipinski definition) is 1. The van der Waals surface area contributed by atoms with Gasteiger partial charge in [-0.3, -0.25) is 0 Å². The minimum Gasteiger partial charge on any atom is -0.399 e. The van der Waals surface area contributed by atoms with Crippen molar-refractivity contribution < 1.29 is 4.74 Å². The molecule has 4 aliphatic carbocycles. The Kier molecular flexibility index (Phi) is 8.09. The van der Waals surface area contributed by atoms with E-state index in [0.29, 0.717) is 16.9 Å². The smallest absolute Gasteiger partial charge is 0.0720 e. The van der Waals surface area contributed by atoms with Gasteiger partial charge in [-0.1, -0.05) is 72.9 Å². The van der Waals surface area contributed by atoms with Crippen LogP contribution < -0.4 is 5.73 Å². The summed E-state index contributed by atoms with van der Waals surface area (Å²) in [6.07, 6.45) is 16.1. The number of hydrogen-bond acceptors (Lipinski definition) is 2. The zero-order valence-corrected chi connectivity index (χ0v) is 25.0. The van der Waals surface area contributed by atoms with Crippen molar-refractivity contribution >= 4 is 5.69 Å². The molecule has 4 saturated carbocycles. The Morgan fingerprint density at radius 2 is 1.57 bits per heavy atom. The van der Waals surface area contributed by atoms with Crippen molar-refractivity contribution in [2.45, 2.75) is 125 Å². The third-order valence-electron chi connectivity index (χ3n) is 12.7. The molecule has 0 radical (unpaired) electrons. The summed E-state index contributed by atoms with van der Waals surface area (Å²) in [6.45, 7) is 16.2. The van der Waals surface area contributed by atoms with Crippen LogP contribution in [0.3, 0.4) is 0 Å². The number of nitrogen functional groups attached to an aromatic ring is 1. The van der Waals surface area contributed by atoms with Crippen LogP contribution >= 0.6 is 0 Å². The van der Waals surface area contributed by atoms with Gasteiger partial charge in [0.2, 0.25) is 0 Å². The maximum absolute atomic E-state index is 6.52. The molecule has 4 fully saturated rings. The lowest BCUT2D eigenvalue weighted by molar-refractivity contribution is -0.157. The van der Waals surface area contributed by atoms with Gasteiger partial charge in [0.25, 0.3) is 0 Å². The molecule has 2 N–H and O–H groups in total. The molecule has 10 unspecified atom stereocenters. The summed E-state index contributed by atoms with van der Waals surface area (Å²) < 4.78 is 6.52. The van der Waals surface area contributed by atoms with Crippen molar-refractivity contribution in [3.8, 4) is 0 Å². The topological polar surface area (TPSA) is 35.2 Å². The van der Waals surface area contributed by atoms with Crippen LogP contribution in [0.1, 0.15) is 118 Å².